The van der Waals surface area contributed by atoms with Gasteiger partial charge in [0.05, 0.1) is 17.6 Å². The molecular weight excluding hydrogens is 405 g/mol. The third-order valence-corrected chi connectivity index (χ3v) is 5.65. The monoisotopic (exact) mass is 425 g/mol. The first-order chi connectivity index (χ1) is 14.9. The fourth-order valence-corrected chi connectivity index (χ4v) is 3.96. The van der Waals surface area contributed by atoms with E-state index in [-0.39, 0.29) is 35.9 Å². The molecule has 0 spiro atoms. The van der Waals surface area contributed by atoms with Gasteiger partial charge in [-0.3, -0.25) is 14.4 Å². The molecule has 1 aliphatic carbocycles. The number of nitrogens with two attached hydrogens (primary N) is 1. The van der Waals surface area contributed by atoms with Gasteiger partial charge in [-0.05, 0) is 36.1 Å². The third kappa shape index (κ3) is 3.41. The maximum Gasteiger partial charge on any atom is 0.414 e. The molecule has 1 saturated heterocycles. The first kappa shape index (κ1) is 19.2. The van der Waals surface area contributed by atoms with E-state index in [0.717, 1.165) is 12.0 Å². The van der Waals surface area contributed by atoms with E-state index in [9.17, 15) is 14.0 Å². The van der Waals surface area contributed by atoms with Crippen LogP contribution < -0.4 is 16.0 Å². The molecule has 11 heteroatoms. The molecule has 2 amide bonds. The normalized spacial score (nSPS) is 22.6. The zero-order chi connectivity index (χ0) is 21.7. The number of fused-ring (bicyclic) bond motifs is 1. The van der Waals surface area contributed by atoms with Crippen LogP contribution in [0.1, 0.15) is 17.9 Å². The molecule has 0 radical (unpaired) electrons. The lowest BCUT2D eigenvalue weighted by molar-refractivity contribution is -0.117. The number of hydrogen-bond acceptors (Lipinski definition) is 7. The number of carbonyl (C=O) groups is 2. The van der Waals surface area contributed by atoms with E-state index in [2.05, 4.69) is 20.6 Å². The van der Waals surface area contributed by atoms with E-state index >= 15 is 0 Å². The van der Waals surface area contributed by atoms with Crippen LogP contribution in [-0.4, -0.2) is 51.3 Å². The second-order valence-electron chi connectivity index (χ2n) is 7.84. The highest BCUT2D eigenvalue weighted by molar-refractivity contribution is 6.00. The van der Waals surface area contributed by atoms with Crippen molar-refractivity contribution in [1.29, 1.82) is 0 Å². The van der Waals surface area contributed by atoms with Gasteiger partial charge in [-0.15, -0.1) is 10.2 Å². The van der Waals surface area contributed by atoms with Gasteiger partial charge in [-0.25, -0.2) is 9.18 Å². The Morgan fingerprint density at radius 2 is 2.19 bits per heavy atom. The van der Waals surface area contributed by atoms with Crippen molar-refractivity contribution in [2.45, 2.75) is 18.4 Å². The highest BCUT2D eigenvalue weighted by Crippen LogP contribution is 2.47. The van der Waals surface area contributed by atoms with E-state index in [4.69, 9.17) is 10.5 Å². The third-order valence-electron chi connectivity index (χ3n) is 5.65. The maximum absolute atomic E-state index is 13.3. The Balaban J connectivity index is 1.38. The van der Waals surface area contributed by atoms with E-state index in [1.165, 1.54) is 11.0 Å². The number of ether oxygens (including phenoxy) is 1. The van der Waals surface area contributed by atoms with Gasteiger partial charge in [-0.2, -0.15) is 5.10 Å². The maximum atomic E-state index is 13.3. The highest BCUT2D eigenvalue weighted by atomic mass is 19.1. The Kier molecular flexibility index (Phi) is 4.45. The highest BCUT2D eigenvalue weighted by Gasteiger charge is 2.44. The summed E-state index contributed by atoms with van der Waals surface area (Å²) in [4.78, 5) is 25.9. The van der Waals surface area contributed by atoms with E-state index in [1.54, 1.807) is 23.0 Å². The number of amides is 2. The summed E-state index contributed by atoms with van der Waals surface area (Å²) in [6.07, 6.45) is 3.79. The summed E-state index contributed by atoms with van der Waals surface area (Å²) in [6.45, 7) is -0.762. The Bertz CT molecular complexity index is 1200. The molecule has 3 aromatic rings. The average molecular weight is 425 g/mol. The quantitative estimate of drug-likeness (QED) is 0.598. The van der Waals surface area contributed by atoms with Crippen LogP contribution in [0.25, 0.3) is 10.9 Å². The minimum absolute atomic E-state index is 0.0251. The zero-order valence-corrected chi connectivity index (χ0v) is 16.7. The van der Waals surface area contributed by atoms with Crippen molar-refractivity contribution in [2.24, 2.45) is 13.0 Å². The van der Waals surface area contributed by atoms with Crippen molar-refractivity contribution in [3.8, 4) is 0 Å². The van der Waals surface area contributed by atoms with Crippen LogP contribution in [0.3, 0.4) is 0 Å². The number of carbonyl (C=O) groups excluding carboxylic acids is 2. The fourth-order valence-electron chi connectivity index (χ4n) is 3.96. The van der Waals surface area contributed by atoms with Crippen molar-refractivity contribution in [3.05, 3.63) is 36.2 Å². The van der Waals surface area contributed by atoms with Crippen molar-refractivity contribution in [3.63, 3.8) is 0 Å². The van der Waals surface area contributed by atoms with Crippen molar-refractivity contribution in [2.75, 3.05) is 29.2 Å². The van der Waals surface area contributed by atoms with Crippen LogP contribution in [-0.2, 0) is 16.6 Å². The molecule has 2 aliphatic rings. The summed E-state index contributed by atoms with van der Waals surface area (Å²) in [5.41, 5.74) is 8.22. The molecule has 2 fully saturated rings. The Morgan fingerprint density at radius 1 is 1.35 bits per heavy atom. The number of nitrogens with one attached hydrogen (secondary N) is 1. The first-order valence-corrected chi connectivity index (χ1v) is 9.83. The van der Waals surface area contributed by atoms with Gasteiger partial charge < -0.3 is 15.8 Å². The van der Waals surface area contributed by atoms with Crippen LogP contribution in [0, 0.1) is 5.92 Å². The van der Waals surface area contributed by atoms with Crippen LogP contribution >= 0.6 is 0 Å². The van der Waals surface area contributed by atoms with Gasteiger partial charge >= 0.3 is 6.09 Å². The van der Waals surface area contributed by atoms with Gasteiger partial charge in [0.1, 0.15) is 24.8 Å². The molecule has 3 heterocycles. The van der Waals surface area contributed by atoms with Gasteiger partial charge in [-0.1, -0.05) is 0 Å². The van der Waals surface area contributed by atoms with Crippen molar-refractivity contribution >= 4 is 40.1 Å². The number of nitrogens with zero attached hydrogens (tertiary/aromatic N) is 5. The Hall–Kier alpha value is -3.76. The lowest BCUT2D eigenvalue weighted by Crippen LogP contribution is -2.34. The largest absolute Gasteiger partial charge is 0.447 e. The van der Waals surface area contributed by atoms with Crippen molar-refractivity contribution < 1.29 is 18.7 Å². The van der Waals surface area contributed by atoms with Crippen molar-refractivity contribution in [1.82, 2.24) is 20.0 Å². The summed E-state index contributed by atoms with van der Waals surface area (Å²) in [5.74, 6) is 0.120. The second-order valence-corrected chi connectivity index (χ2v) is 7.84. The number of aromatic nitrogens is 4. The van der Waals surface area contributed by atoms with E-state index in [1.807, 2.05) is 13.2 Å². The first-order valence-electron chi connectivity index (χ1n) is 9.83. The molecule has 31 heavy (non-hydrogen) atoms. The summed E-state index contributed by atoms with van der Waals surface area (Å²) in [6, 6.07) is 4.11. The number of aryl methyl sites for hydroxylation is 1. The minimum Gasteiger partial charge on any atom is -0.447 e. The molecule has 1 aliphatic heterocycles. The predicted octanol–water partition coefficient (Wildman–Crippen LogP) is 1.98. The summed E-state index contributed by atoms with van der Waals surface area (Å²) < 4.78 is 19.9. The summed E-state index contributed by atoms with van der Waals surface area (Å²) >= 11 is 0. The number of halogens is 1. The van der Waals surface area contributed by atoms with Crippen LogP contribution in [0.5, 0.6) is 0 Å². The molecule has 0 bridgehead atoms. The molecular formula is C20H20FN7O3. The molecule has 160 valence electrons. The topological polar surface area (TPSA) is 128 Å². The van der Waals surface area contributed by atoms with Gasteiger partial charge in [0, 0.05) is 24.5 Å². The average Bonchev–Trinajstić information content (AvgIpc) is 3.29. The van der Waals surface area contributed by atoms with Gasteiger partial charge in [0.25, 0.3) is 0 Å². The van der Waals surface area contributed by atoms with Crippen LogP contribution in [0.2, 0.25) is 0 Å². The number of alkyl halides is 1. The molecule has 5 rings (SSSR count). The predicted molar refractivity (Wildman–Crippen MR) is 110 cm³/mol. The molecule has 1 aromatic carbocycles. The SMILES string of the molecule is Cn1cc([C@H]2C[C@@H]2C(=O)Nc2cc3cc(N4C(=O)OC[C@@H]4CF)cc(N)c3nn2)cn1. The summed E-state index contributed by atoms with van der Waals surface area (Å²) in [5, 5.41) is 15.7. The number of nitrogen functional groups attached to an aromatic ring is 1. The number of rotatable bonds is 5. The molecule has 2 aromatic heterocycles. The molecule has 0 unspecified atom stereocenters. The molecule has 3 atom stereocenters. The van der Waals surface area contributed by atoms with E-state index in [0.29, 0.717) is 16.6 Å². The zero-order valence-electron chi connectivity index (χ0n) is 16.7. The van der Waals surface area contributed by atoms with E-state index < -0.39 is 18.8 Å². The Morgan fingerprint density at radius 3 is 2.94 bits per heavy atom. The fraction of sp³-hybridized carbons (Fsp3) is 0.350. The molecule has 3 N–H and O–H groups in total. The second kappa shape index (κ2) is 7.18. The summed E-state index contributed by atoms with van der Waals surface area (Å²) in [7, 11) is 1.84. The van der Waals surface area contributed by atoms with Gasteiger partial charge in [0.2, 0.25) is 5.91 Å². The minimum atomic E-state index is -0.737. The molecule has 10 nitrogen and oxygen atoms in total. The lowest BCUT2D eigenvalue weighted by Gasteiger charge is -2.20. The number of benzene rings is 1. The molecule has 1 saturated carbocycles. The standard InChI is InChI=1S/C20H20FN7O3/c1-27-8-11(7-23-27)14-5-15(14)19(29)24-17-3-10-2-12(4-16(22)18(10)26-25-17)28-13(6-21)9-31-20(28)30/h2-4,7-8,13-15H,5-6,9,22H2,1H3,(H,24,25,29)/t13-,14+,15-/m0/s1. The Labute approximate surface area is 176 Å². The van der Waals surface area contributed by atoms with Crippen LogP contribution in [0.4, 0.5) is 26.4 Å². The number of hydrogen-bond donors (Lipinski definition) is 2. The number of cyclic esters (lactones) is 1. The lowest BCUT2D eigenvalue weighted by atomic mass is 10.1. The van der Waals surface area contributed by atoms with Crippen LogP contribution in [0.15, 0.2) is 30.6 Å². The number of anilines is 3. The smallest absolute Gasteiger partial charge is 0.414 e. The van der Waals surface area contributed by atoms with Gasteiger partial charge in [0.15, 0.2) is 5.82 Å².